The molecule has 0 saturated heterocycles. The van der Waals surface area contributed by atoms with Gasteiger partial charge in [-0.15, -0.1) is 0 Å². The lowest BCUT2D eigenvalue weighted by atomic mass is 10.1. The summed E-state index contributed by atoms with van der Waals surface area (Å²) in [5, 5.41) is 3.63. The zero-order valence-corrected chi connectivity index (χ0v) is 21.9. The second kappa shape index (κ2) is 11.5. The molecule has 0 bridgehead atoms. The fourth-order valence-electron chi connectivity index (χ4n) is 3.73. The number of methoxy groups -OCH3 is 2. The number of carbonyl (C=O) groups excluding carboxylic acids is 1. The van der Waals surface area contributed by atoms with Crippen LogP contribution in [-0.2, 0) is 5.75 Å². The highest BCUT2D eigenvalue weighted by Gasteiger charge is 2.17. The number of fused-ring (bicyclic) bond motifs is 1. The molecule has 0 unspecified atom stereocenters. The van der Waals surface area contributed by atoms with Crippen LogP contribution < -0.4 is 20.3 Å². The molecular formula is C28H28FN3O4S. The smallest absolute Gasteiger partial charge is 0.266 e. The lowest BCUT2D eigenvalue weighted by molar-refractivity contribution is 0.0949. The van der Waals surface area contributed by atoms with Gasteiger partial charge in [0.05, 0.1) is 30.8 Å². The number of rotatable bonds is 9. The van der Waals surface area contributed by atoms with Gasteiger partial charge in [-0.2, -0.15) is 0 Å². The molecule has 192 valence electrons. The molecule has 0 spiro atoms. The molecule has 0 aliphatic rings. The molecule has 1 amide bonds. The van der Waals surface area contributed by atoms with Crippen LogP contribution in [0, 0.1) is 11.7 Å². The molecule has 37 heavy (non-hydrogen) atoms. The van der Waals surface area contributed by atoms with Crippen LogP contribution in [0.5, 0.6) is 11.5 Å². The highest BCUT2D eigenvalue weighted by atomic mass is 32.2. The van der Waals surface area contributed by atoms with Gasteiger partial charge in [0, 0.05) is 36.1 Å². The van der Waals surface area contributed by atoms with Crippen LogP contribution in [0.25, 0.3) is 16.6 Å². The second-order valence-electron chi connectivity index (χ2n) is 8.86. The molecule has 4 aromatic rings. The third-order valence-electron chi connectivity index (χ3n) is 5.62. The number of nitrogens with one attached hydrogen (secondary N) is 1. The molecule has 1 aromatic heterocycles. The molecule has 0 aliphatic heterocycles. The van der Waals surface area contributed by atoms with Gasteiger partial charge in [-0.05, 0) is 41.8 Å². The van der Waals surface area contributed by atoms with Crippen molar-refractivity contribution >= 4 is 28.6 Å². The maximum absolute atomic E-state index is 13.8. The van der Waals surface area contributed by atoms with Crippen molar-refractivity contribution in [1.29, 1.82) is 0 Å². The summed E-state index contributed by atoms with van der Waals surface area (Å²) in [6.45, 7) is 4.57. The van der Waals surface area contributed by atoms with E-state index in [4.69, 9.17) is 14.5 Å². The number of nitrogens with zero attached hydrogens (tertiary/aromatic N) is 2. The number of amides is 1. The minimum absolute atomic E-state index is 0.229. The summed E-state index contributed by atoms with van der Waals surface area (Å²) in [5.41, 5.74) is 1.76. The van der Waals surface area contributed by atoms with Gasteiger partial charge in [0.2, 0.25) is 0 Å². The lowest BCUT2D eigenvalue weighted by Crippen LogP contribution is -2.27. The monoisotopic (exact) mass is 521 g/mol. The number of benzene rings is 3. The quantitative estimate of drug-likeness (QED) is 0.240. The molecule has 4 rings (SSSR count). The molecule has 0 radical (unpaired) electrons. The van der Waals surface area contributed by atoms with E-state index in [1.54, 1.807) is 42.5 Å². The van der Waals surface area contributed by atoms with Gasteiger partial charge in [0.25, 0.3) is 11.5 Å². The Kier molecular flexibility index (Phi) is 8.13. The van der Waals surface area contributed by atoms with Crippen LogP contribution in [0.2, 0.25) is 0 Å². The van der Waals surface area contributed by atoms with Crippen molar-refractivity contribution in [2.45, 2.75) is 24.8 Å². The third kappa shape index (κ3) is 6.11. The van der Waals surface area contributed by atoms with Crippen LogP contribution in [0.1, 0.15) is 29.8 Å². The number of hydrogen-bond donors (Lipinski definition) is 1. The van der Waals surface area contributed by atoms with Crippen molar-refractivity contribution < 1.29 is 18.7 Å². The Hall–Kier alpha value is -3.85. The number of carbonyl (C=O) groups is 1. The first-order valence-corrected chi connectivity index (χ1v) is 12.7. The van der Waals surface area contributed by atoms with Gasteiger partial charge in [0.1, 0.15) is 17.3 Å². The van der Waals surface area contributed by atoms with Gasteiger partial charge < -0.3 is 14.8 Å². The van der Waals surface area contributed by atoms with E-state index in [9.17, 15) is 14.0 Å². The average molecular weight is 522 g/mol. The van der Waals surface area contributed by atoms with Crippen molar-refractivity contribution in [3.63, 3.8) is 0 Å². The van der Waals surface area contributed by atoms with Gasteiger partial charge >= 0.3 is 0 Å². The van der Waals surface area contributed by atoms with Crippen molar-refractivity contribution in [1.82, 2.24) is 14.9 Å². The molecule has 7 nitrogen and oxygen atoms in total. The van der Waals surface area contributed by atoms with Crippen LogP contribution in [0.3, 0.4) is 0 Å². The van der Waals surface area contributed by atoms with E-state index < -0.39 is 0 Å². The Morgan fingerprint density at radius 1 is 1.05 bits per heavy atom. The van der Waals surface area contributed by atoms with E-state index in [-0.39, 0.29) is 17.3 Å². The molecule has 3 aromatic carbocycles. The summed E-state index contributed by atoms with van der Waals surface area (Å²) in [6.07, 6.45) is 0. The highest BCUT2D eigenvalue weighted by Crippen LogP contribution is 2.29. The van der Waals surface area contributed by atoms with Crippen molar-refractivity contribution in [2.75, 3.05) is 20.8 Å². The zero-order chi connectivity index (χ0) is 26.5. The summed E-state index contributed by atoms with van der Waals surface area (Å²) in [6, 6.07) is 16.3. The zero-order valence-electron chi connectivity index (χ0n) is 21.1. The maximum atomic E-state index is 13.8. The van der Waals surface area contributed by atoms with E-state index >= 15 is 0 Å². The summed E-state index contributed by atoms with van der Waals surface area (Å²) in [5.74, 6) is 1.15. The van der Waals surface area contributed by atoms with E-state index in [1.807, 2.05) is 19.9 Å². The van der Waals surface area contributed by atoms with Crippen molar-refractivity contribution in [2.24, 2.45) is 5.92 Å². The fraction of sp³-hybridized carbons (Fsp3) is 0.250. The molecule has 0 fully saturated rings. The van der Waals surface area contributed by atoms with E-state index in [0.29, 0.717) is 57.0 Å². The number of aromatic nitrogens is 2. The van der Waals surface area contributed by atoms with Crippen molar-refractivity contribution in [3.8, 4) is 17.2 Å². The number of ether oxygens (including phenoxy) is 2. The average Bonchev–Trinajstić information content (AvgIpc) is 2.89. The van der Waals surface area contributed by atoms with Crippen LogP contribution >= 0.6 is 11.8 Å². The molecule has 0 saturated carbocycles. The minimum atomic E-state index is -0.337. The van der Waals surface area contributed by atoms with Crippen molar-refractivity contribution in [3.05, 3.63) is 88.0 Å². The Morgan fingerprint density at radius 3 is 2.43 bits per heavy atom. The molecule has 1 N–H and O–H groups in total. The van der Waals surface area contributed by atoms with Gasteiger partial charge in [-0.3, -0.25) is 14.2 Å². The number of hydrogen-bond acceptors (Lipinski definition) is 6. The SMILES string of the molecule is COc1cc(OC)cc(-n2c(SCc3cccc(F)c3)nc3cc(C(=O)NCC(C)C)ccc3c2=O)c1. The van der Waals surface area contributed by atoms with Crippen LogP contribution in [0.4, 0.5) is 4.39 Å². The Labute approximate surface area is 218 Å². The maximum Gasteiger partial charge on any atom is 0.266 e. The summed E-state index contributed by atoms with van der Waals surface area (Å²) < 4.78 is 26.0. The molecule has 0 aliphatic carbocycles. The fourth-order valence-corrected chi connectivity index (χ4v) is 4.68. The van der Waals surface area contributed by atoms with E-state index in [0.717, 1.165) is 5.56 Å². The van der Waals surface area contributed by atoms with Gasteiger partial charge in [-0.1, -0.05) is 37.7 Å². The Bertz CT molecular complexity index is 1480. The van der Waals surface area contributed by atoms with Gasteiger partial charge in [0.15, 0.2) is 5.16 Å². The predicted molar refractivity (Wildman–Crippen MR) is 144 cm³/mol. The van der Waals surface area contributed by atoms with E-state index in [2.05, 4.69) is 5.32 Å². The summed E-state index contributed by atoms with van der Waals surface area (Å²) >= 11 is 1.29. The predicted octanol–water partition coefficient (Wildman–Crippen LogP) is 5.22. The van der Waals surface area contributed by atoms with E-state index in [1.165, 1.54) is 42.7 Å². The Morgan fingerprint density at radius 2 is 1.78 bits per heavy atom. The summed E-state index contributed by atoms with van der Waals surface area (Å²) in [7, 11) is 3.07. The largest absolute Gasteiger partial charge is 0.497 e. The van der Waals surface area contributed by atoms with Crippen LogP contribution in [0.15, 0.2) is 70.6 Å². The number of halogens is 1. The molecule has 9 heteroatoms. The molecular weight excluding hydrogens is 493 g/mol. The first-order valence-electron chi connectivity index (χ1n) is 11.7. The standard InChI is InChI=1S/C28H28FN3O4S/c1-17(2)15-30-26(33)19-8-9-24-25(11-19)31-28(37-16-18-6-5-7-20(29)10-18)32(27(24)34)21-12-22(35-3)14-23(13-21)36-4/h5-14,17H,15-16H2,1-4H3,(H,30,33). The normalized spacial score (nSPS) is 11.1. The van der Waals surface area contributed by atoms with Gasteiger partial charge in [-0.25, -0.2) is 9.37 Å². The third-order valence-corrected chi connectivity index (χ3v) is 6.63. The van der Waals surface area contributed by atoms with Crippen LogP contribution in [-0.4, -0.2) is 36.2 Å². The first-order chi connectivity index (χ1) is 17.8. The topological polar surface area (TPSA) is 82.4 Å². The summed E-state index contributed by atoms with van der Waals surface area (Å²) in [4.78, 5) is 31.2. The highest BCUT2D eigenvalue weighted by molar-refractivity contribution is 7.98. The molecule has 1 heterocycles. The minimum Gasteiger partial charge on any atom is -0.497 e. The lowest BCUT2D eigenvalue weighted by Gasteiger charge is -2.16. The first kappa shape index (κ1) is 26.2. The number of thioether (sulfide) groups is 1. The molecule has 0 atom stereocenters. The Balaban J connectivity index is 1.85. The second-order valence-corrected chi connectivity index (χ2v) is 9.80.